The first kappa shape index (κ1) is 28.8. The van der Waals surface area contributed by atoms with E-state index in [0.29, 0.717) is 43.4 Å². The maximum atomic E-state index is 12.4. The Labute approximate surface area is 244 Å². The average molecular weight is 660 g/mol. The number of halogens is 2. The summed E-state index contributed by atoms with van der Waals surface area (Å²) in [5.41, 5.74) is 8.53. The van der Waals surface area contributed by atoms with Crippen molar-refractivity contribution in [3.05, 3.63) is 69.2 Å². The topological polar surface area (TPSA) is 137 Å². The number of hydrogen-bond acceptors (Lipinski definition) is 7. The molecule has 1 aromatic heterocycles. The monoisotopic (exact) mass is 658 g/mol. The molecule has 39 heavy (non-hydrogen) atoms. The molecule has 3 amide bonds. The van der Waals surface area contributed by atoms with Crippen molar-refractivity contribution in [3.8, 4) is 0 Å². The number of rotatable bonds is 11. The molecular weight excluding hydrogens is 628 g/mol. The molecule has 3 aromatic rings. The number of urea groups is 1. The summed E-state index contributed by atoms with van der Waals surface area (Å²) >= 11 is 6.88. The number of carbonyl (C=O) groups excluding carboxylic acids is 2. The molecule has 0 spiro atoms. The minimum absolute atomic E-state index is 0.0844. The van der Waals surface area contributed by atoms with Crippen molar-refractivity contribution in [2.45, 2.75) is 31.7 Å². The van der Waals surface area contributed by atoms with Gasteiger partial charge in [-0.3, -0.25) is 4.79 Å². The molecule has 0 bridgehead atoms. The van der Waals surface area contributed by atoms with Crippen molar-refractivity contribution < 1.29 is 9.59 Å². The second-order valence-electron chi connectivity index (χ2n) is 9.23. The van der Waals surface area contributed by atoms with Gasteiger partial charge in [-0.05, 0) is 77.5 Å². The van der Waals surface area contributed by atoms with Gasteiger partial charge < -0.3 is 31.9 Å². The third kappa shape index (κ3) is 8.91. The first-order chi connectivity index (χ1) is 18.9. The number of nitrogens with one attached hydrogen (secondary N) is 4. The van der Waals surface area contributed by atoms with Crippen LogP contribution < -0.4 is 27.0 Å². The van der Waals surface area contributed by atoms with E-state index in [4.69, 9.17) is 5.73 Å². The molecule has 1 aliphatic heterocycles. The summed E-state index contributed by atoms with van der Waals surface area (Å²) in [6.45, 7) is 2.66. The quantitative estimate of drug-likeness (QED) is 0.185. The molecule has 2 aromatic carbocycles. The first-order valence-corrected chi connectivity index (χ1v) is 14.4. The van der Waals surface area contributed by atoms with Gasteiger partial charge in [0, 0.05) is 48.2 Å². The molecule has 4 rings (SSSR count). The molecule has 12 heteroatoms. The fraction of sp³-hybridized carbons (Fsp3) is 0.333. The Morgan fingerprint density at radius 3 is 2.54 bits per heavy atom. The van der Waals surface area contributed by atoms with E-state index < -0.39 is 6.04 Å². The summed E-state index contributed by atoms with van der Waals surface area (Å²) in [6, 6.07) is 14.5. The Bertz CT molecular complexity index is 1270. The fourth-order valence-electron chi connectivity index (χ4n) is 4.08. The van der Waals surface area contributed by atoms with Crippen LogP contribution in [-0.4, -0.2) is 59.0 Å². The van der Waals surface area contributed by atoms with Crippen LogP contribution in [0.25, 0.3) is 0 Å². The van der Waals surface area contributed by atoms with E-state index >= 15 is 0 Å². The van der Waals surface area contributed by atoms with Crippen LogP contribution in [0.15, 0.2) is 63.7 Å². The zero-order valence-electron chi connectivity index (χ0n) is 21.4. The van der Waals surface area contributed by atoms with Crippen LogP contribution in [0.4, 0.5) is 27.9 Å². The maximum Gasteiger partial charge on any atom is 0.321 e. The van der Waals surface area contributed by atoms with Crippen molar-refractivity contribution in [1.82, 2.24) is 20.2 Å². The second-order valence-corrected chi connectivity index (χ2v) is 11.0. The number of hydrogen-bond donors (Lipinski definition) is 5. The molecule has 0 radical (unpaired) electrons. The minimum atomic E-state index is -0.601. The summed E-state index contributed by atoms with van der Waals surface area (Å²) < 4.78 is 1.71. The summed E-state index contributed by atoms with van der Waals surface area (Å²) in [4.78, 5) is 35.4. The lowest BCUT2D eigenvalue weighted by atomic mass is 10.1. The molecule has 1 fully saturated rings. The molecular formula is C27H32Br2N8O2. The number of anilines is 4. The molecule has 0 aliphatic carbocycles. The Morgan fingerprint density at radius 1 is 1.03 bits per heavy atom. The van der Waals surface area contributed by atoms with Crippen LogP contribution in [0.2, 0.25) is 0 Å². The Balaban J connectivity index is 1.22. The van der Waals surface area contributed by atoms with E-state index in [1.807, 2.05) is 53.4 Å². The average Bonchev–Trinajstić information content (AvgIpc) is 3.47. The highest BCUT2D eigenvalue weighted by atomic mass is 79.9. The van der Waals surface area contributed by atoms with Crippen LogP contribution in [0, 0.1) is 0 Å². The molecule has 1 aliphatic rings. The SMILES string of the molecule is N[C@@H](Cc1ccc(Br)cc1)C(=O)NCCCNc1nc(Nc2cccc(NC(=O)N3CCCC3)c2)ncc1Br. The predicted octanol–water partition coefficient (Wildman–Crippen LogP) is 4.86. The van der Waals surface area contributed by atoms with Gasteiger partial charge in [0.15, 0.2) is 0 Å². The van der Waals surface area contributed by atoms with Gasteiger partial charge in [-0.15, -0.1) is 0 Å². The van der Waals surface area contributed by atoms with Crippen molar-refractivity contribution in [2.24, 2.45) is 5.73 Å². The number of likely N-dealkylation sites (tertiary alicyclic amines) is 1. The number of amides is 3. The van der Waals surface area contributed by atoms with Crippen LogP contribution in [0.5, 0.6) is 0 Å². The van der Waals surface area contributed by atoms with E-state index in [1.165, 1.54) is 0 Å². The lowest BCUT2D eigenvalue weighted by Crippen LogP contribution is -2.42. The Hall–Kier alpha value is -3.22. The minimum Gasteiger partial charge on any atom is -0.369 e. The Morgan fingerprint density at radius 2 is 1.77 bits per heavy atom. The molecule has 10 nitrogen and oxygen atoms in total. The van der Waals surface area contributed by atoms with Crippen molar-refractivity contribution >= 4 is 66.9 Å². The van der Waals surface area contributed by atoms with Gasteiger partial charge >= 0.3 is 6.03 Å². The Kier molecular flexibility index (Phi) is 10.5. The zero-order valence-corrected chi connectivity index (χ0v) is 24.6. The van der Waals surface area contributed by atoms with E-state index in [1.54, 1.807) is 6.20 Å². The number of aromatic nitrogens is 2. The highest BCUT2D eigenvalue weighted by Gasteiger charge is 2.18. The van der Waals surface area contributed by atoms with Crippen molar-refractivity contribution in [3.63, 3.8) is 0 Å². The molecule has 1 saturated heterocycles. The van der Waals surface area contributed by atoms with Crippen LogP contribution in [-0.2, 0) is 11.2 Å². The van der Waals surface area contributed by atoms with Gasteiger partial charge in [-0.1, -0.05) is 34.1 Å². The summed E-state index contributed by atoms with van der Waals surface area (Å²) in [5, 5.41) is 12.3. The van der Waals surface area contributed by atoms with Crippen molar-refractivity contribution in [2.75, 3.05) is 42.1 Å². The smallest absolute Gasteiger partial charge is 0.321 e. The van der Waals surface area contributed by atoms with Gasteiger partial charge in [0.2, 0.25) is 11.9 Å². The first-order valence-electron chi connectivity index (χ1n) is 12.8. The van der Waals surface area contributed by atoms with Crippen LogP contribution in [0.1, 0.15) is 24.8 Å². The van der Waals surface area contributed by atoms with E-state index in [-0.39, 0.29) is 11.9 Å². The van der Waals surface area contributed by atoms with Gasteiger partial charge in [-0.2, -0.15) is 4.98 Å². The highest BCUT2D eigenvalue weighted by molar-refractivity contribution is 9.10. The molecule has 1 atom stereocenters. The van der Waals surface area contributed by atoms with Crippen molar-refractivity contribution in [1.29, 1.82) is 0 Å². The fourth-order valence-corrected chi connectivity index (χ4v) is 4.68. The number of benzene rings is 2. The summed E-state index contributed by atoms with van der Waals surface area (Å²) in [5.74, 6) is 0.867. The standard InChI is InChI=1S/C27H32Br2N8O2/c28-19-9-7-18(8-10-19)15-23(30)25(38)32-12-4-11-31-24-22(29)17-33-26(36-24)34-20-5-3-6-21(16-20)35-27(39)37-13-1-2-14-37/h3,5-10,16-17,23H,1-2,4,11-15,30H2,(H,32,38)(H,35,39)(H2,31,33,34,36)/t23-/m0/s1. The van der Waals surface area contributed by atoms with Gasteiger partial charge in [-0.25, -0.2) is 9.78 Å². The van der Waals surface area contributed by atoms with Gasteiger partial charge in [0.25, 0.3) is 0 Å². The van der Waals surface area contributed by atoms with Gasteiger partial charge in [0.05, 0.1) is 10.5 Å². The maximum absolute atomic E-state index is 12.4. The number of nitrogens with two attached hydrogens (primary N) is 1. The molecule has 0 unspecified atom stereocenters. The molecule has 2 heterocycles. The zero-order chi connectivity index (χ0) is 27.6. The number of nitrogens with zero attached hydrogens (tertiary/aromatic N) is 3. The van der Waals surface area contributed by atoms with Crippen LogP contribution >= 0.6 is 31.9 Å². The molecule has 206 valence electrons. The predicted molar refractivity (Wildman–Crippen MR) is 161 cm³/mol. The molecule has 6 N–H and O–H groups in total. The normalized spacial score (nSPS) is 13.6. The third-order valence-corrected chi connectivity index (χ3v) is 7.27. The third-order valence-electron chi connectivity index (χ3n) is 6.16. The summed E-state index contributed by atoms with van der Waals surface area (Å²) in [7, 11) is 0. The van der Waals surface area contributed by atoms with E-state index in [2.05, 4.69) is 63.1 Å². The lowest BCUT2D eigenvalue weighted by Gasteiger charge is -2.16. The largest absolute Gasteiger partial charge is 0.369 e. The lowest BCUT2D eigenvalue weighted by molar-refractivity contribution is -0.122. The second kappa shape index (κ2) is 14.2. The van der Waals surface area contributed by atoms with E-state index in [0.717, 1.165) is 46.1 Å². The number of carbonyl (C=O) groups is 2. The van der Waals surface area contributed by atoms with Crippen LogP contribution in [0.3, 0.4) is 0 Å². The van der Waals surface area contributed by atoms with E-state index in [9.17, 15) is 9.59 Å². The summed E-state index contributed by atoms with van der Waals surface area (Å²) in [6.07, 6.45) is 4.92. The highest BCUT2D eigenvalue weighted by Crippen LogP contribution is 2.23. The van der Waals surface area contributed by atoms with Gasteiger partial charge in [0.1, 0.15) is 5.82 Å². The molecule has 0 saturated carbocycles.